The predicted octanol–water partition coefficient (Wildman–Crippen LogP) is 6.55. The molecule has 0 spiro atoms. The number of nitrogens with one attached hydrogen (secondary N) is 3. The molecule has 1 saturated carbocycles. The minimum absolute atomic E-state index is 0.215. The van der Waals surface area contributed by atoms with Crippen LogP contribution in [0.4, 0.5) is 10.5 Å². The normalized spacial score (nSPS) is 17.5. The van der Waals surface area contributed by atoms with Crippen molar-refractivity contribution in [1.82, 2.24) is 15.6 Å². The zero-order valence-corrected chi connectivity index (χ0v) is 21.6. The highest BCUT2D eigenvalue weighted by atomic mass is 35.5. The van der Waals surface area contributed by atoms with Crippen molar-refractivity contribution in [2.24, 2.45) is 0 Å². The molecule has 2 atom stereocenters. The number of thiazole rings is 1. The molecule has 0 saturated heterocycles. The van der Waals surface area contributed by atoms with Gasteiger partial charge in [0.15, 0.2) is 0 Å². The summed E-state index contributed by atoms with van der Waals surface area (Å²) in [5.41, 5.74) is 0.744. The summed E-state index contributed by atoms with van der Waals surface area (Å²) in [5.74, 6) is 0.389. The van der Waals surface area contributed by atoms with Crippen LogP contribution in [-0.2, 0) is 6.61 Å². The number of benzene rings is 2. The maximum absolute atomic E-state index is 12.9. The van der Waals surface area contributed by atoms with E-state index in [0.717, 1.165) is 25.7 Å². The third-order valence-electron chi connectivity index (χ3n) is 5.56. The number of rotatable bonds is 7. The number of aromatic nitrogens is 1. The molecule has 2 aromatic carbocycles. The Labute approximate surface area is 222 Å². The second kappa shape index (κ2) is 11.9. The third-order valence-corrected chi connectivity index (χ3v) is 7.45. The van der Waals surface area contributed by atoms with Gasteiger partial charge in [0.1, 0.15) is 23.1 Å². The first kappa shape index (κ1) is 25.6. The van der Waals surface area contributed by atoms with Crippen molar-refractivity contribution in [3.05, 3.63) is 73.6 Å². The van der Waals surface area contributed by atoms with Gasteiger partial charge in [0.2, 0.25) is 0 Å². The van der Waals surface area contributed by atoms with Crippen molar-refractivity contribution in [3.8, 4) is 5.75 Å². The van der Waals surface area contributed by atoms with Crippen molar-refractivity contribution >= 4 is 63.8 Å². The first-order chi connectivity index (χ1) is 16.9. The number of ether oxygens (including phenoxy) is 1. The summed E-state index contributed by atoms with van der Waals surface area (Å²) in [6.07, 6.45) is 3.42. The van der Waals surface area contributed by atoms with E-state index >= 15 is 0 Å². The Hall–Kier alpha value is -2.52. The smallest absolute Gasteiger partial charge is 0.319 e. The number of hydrogen-bond acceptors (Lipinski definition) is 5. The summed E-state index contributed by atoms with van der Waals surface area (Å²) in [6.45, 7) is 0.249. The Bertz CT molecular complexity index is 1190. The molecule has 1 aliphatic carbocycles. The van der Waals surface area contributed by atoms with Gasteiger partial charge in [0.25, 0.3) is 5.91 Å². The molecule has 3 amide bonds. The second-order valence-corrected chi connectivity index (χ2v) is 10.2. The van der Waals surface area contributed by atoms with E-state index in [0.29, 0.717) is 32.2 Å². The number of halogens is 3. The van der Waals surface area contributed by atoms with Crippen LogP contribution in [0.3, 0.4) is 0 Å². The number of anilines is 1. The van der Waals surface area contributed by atoms with Crippen LogP contribution in [0.1, 0.15) is 41.2 Å². The van der Waals surface area contributed by atoms with Crippen LogP contribution in [-0.4, -0.2) is 29.0 Å². The molecular formula is C24H23Cl3N4O3S. The zero-order chi connectivity index (χ0) is 24.8. The standard InChI is InChI=1S/C24H23Cl3N4O3S/c25-14-8-10-15(11-9-14)34-12-21-28-20(13-35-21)23(32)29-17-5-1-2-6-18(17)30-24(33)31-19-7-3-4-16(26)22(19)27/h3-4,7-11,13,17-18H,1-2,5-6,12H2,(H,29,32)(H2,30,31,33)/t17-,18+/m0/s1. The van der Waals surface area contributed by atoms with Gasteiger partial charge in [-0.3, -0.25) is 4.79 Å². The highest BCUT2D eigenvalue weighted by Crippen LogP contribution is 2.29. The highest BCUT2D eigenvalue weighted by Gasteiger charge is 2.29. The molecule has 1 fully saturated rings. The van der Waals surface area contributed by atoms with Crippen LogP contribution in [0.25, 0.3) is 0 Å². The average Bonchev–Trinajstić information content (AvgIpc) is 3.32. The predicted molar refractivity (Wildman–Crippen MR) is 140 cm³/mol. The molecule has 4 rings (SSSR count). The van der Waals surface area contributed by atoms with E-state index in [4.69, 9.17) is 39.5 Å². The number of nitrogens with zero attached hydrogens (tertiary/aromatic N) is 1. The first-order valence-electron chi connectivity index (χ1n) is 11.0. The van der Waals surface area contributed by atoms with E-state index in [2.05, 4.69) is 20.9 Å². The van der Waals surface area contributed by atoms with Gasteiger partial charge >= 0.3 is 6.03 Å². The fraction of sp³-hybridized carbons (Fsp3) is 0.292. The van der Waals surface area contributed by atoms with Gasteiger partial charge in [-0.2, -0.15) is 0 Å². The van der Waals surface area contributed by atoms with Crippen LogP contribution in [0.15, 0.2) is 47.8 Å². The average molecular weight is 554 g/mol. The summed E-state index contributed by atoms with van der Waals surface area (Å²) < 4.78 is 5.70. The Morgan fingerprint density at radius 1 is 1.00 bits per heavy atom. The summed E-state index contributed by atoms with van der Waals surface area (Å²) in [4.78, 5) is 29.8. The molecule has 0 radical (unpaired) electrons. The lowest BCUT2D eigenvalue weighted by Gasteiger charge is -2.32. The van der Waals surface area contributed by atoms with Gasteiger partial charge < -0.3 is 20.7 Å². The minimum Gasteiger partial charge on any atom is -0.486 e. The lowest BCUT2D eigenvalue weighted by Crippen LogP contribution is -2.54. The molecule has 11 heteroatoms. The van der Waals surface area contributed by atoms with Crippen molar-refractivity contribution in [3.63, 3.8) is 0 Å². The topological polar surface area (TPSA) is 92.4 Å². The van der Waals surface area contributed by atoms with Crippen molar-refractivity contribution < 1.29 is 14.3 Å². The first-order valence-corrected chi connectivity index (χ1v) is 13.1. The molecule has 0 bridgehead atoms. The number of carbonyl (C=O) groups is 2. The van der Waals surface area contributed by atoms with Gasteiger partial charge in [-0.25, -0.2) is 9.78 Å². The number of carbonyl (C=O) groups excluding carboxylic acids is 2. The lowest BCUT2D eigenvalue weighted by molar-refractivity contribution is 0.0911. The molecule has 1 aromatic heterocycles. The van der Waals surface area contributed by atoms with Crippen LogP contribution in [0, 0.1) is 0 Å². The number of urea groups is 1. The van der Waals surface area contributed by atoms with Crippen LogP contribution in [0.2, 0.25) is 15.1 Å². The van der Waals surface area contributed by atoms with E-state index in [1.54, 1.807) is 47.8 Å². The summed E-state index contributed by atoms with van der Waals surface area (Å²) in [7, 11) is 0. The maximum atomic E-state index is 12.9. The van der Waals surface area contributed by atoms with Gasteiger partial charge in [-0.1, -0.05) is 53.7 Å². The highest BCUT2D eigenvalue weighted by molar-refractivity contribution is 7.09. The van der Waals surface area contributed by atoms with Crippen LogP contribution >= 0.6 is 46.1 Å². The van der Waals surface area contributed by atoms with E-state index in [9.17, 15) is 9.59 Å². The molecule has 1 heterocycles. The molecule has 184 valence electrons. The molecule has 1 aliphatic rings. The summed E-state index contributed by atoms with van der Waals surface area (Å²) >= 11 is 19.4. The Morgan fingerprint density at radius 3 is 2.46 bits per heavy atom. The van der Waals surface area contributed by atoms with E-state index < -0.39 is 6.03 Å². The second-order valence-electron chi connectivity index (χ2n) is 8.04. The monoisotopic (exact) mass is 552 g/mol. The largest absolute Gasteiger partial charge is 0.486 e. The fourth-order valence-corrected chi connectivity index (χ4v) is 4.96. The molecule has 0 unspecified atom stereocenters. The van der Waals surface area contributed by atoms with Gasteiger partial charge in [-0.05, 0) is 49.2 Å². The van der Waals surface area contributed by atoms with Gasteiger partial charge in [0, 0.05) is 16.4 Å². The number of hydrogen-bond donors (Lipinski definition) is 3. The molecule has 0 aliphatic heterocycles. The lowest BCUT2D eigenvalue weighted by atomic mass is 9.90. The Kier molecular flexibility index (Phi) is 8.73. The minimum atomic E-state index is -0.407. The summed E-state index contributed by atoms with van der Waals surface area (Å²) in [5, 5.41) is 12.4. The fourth-order valence-electron chi connectivity index (χ4n) is 3.80. The van der Waals surface area contributed by atoms with Crippen LogP contribution in [0.5, 0.6) is 5.75 Å². The van der Waals surface area contributed by atoms with E-state index in [1.165, 1.54) is 11.3 Å². The van der Waals surface area contributed by atoms with Crippen molar-refractivity contribution in [1.29, 1.82) is 0 Å². The molecule has 3 N–H and O–H groups in total. The van der Waals surface area contributed by atoms with Crippen LogP contribution < -0.4 is 20.7 Å². The van der Waals surface area contributed by atoms with Crippen molar-refractivity contribution in [2.45, 2.75) is 44.4 Å². The van der Waals surface area contributed by atoms with E-state index in [-0.39, 0.29) is 29.6 Å². The molecule has 7 nitrogen and oxygen atoms in total. The van der Waals surface area contributed by atoms with E-state index in [1.807, 2.05) is 0 Å². The number of amides is 3. The molecular weight excluding hydrogens is 531 g/mol. The van der Waals surface area contributed by atoms with Crippen molar-refractivity contribution in [2.75, 3.05) is 5.32 Å². The third kappa shape index (κ3) is 7.01. The van der Waals surface area contributed by atoms with Gasteiger partial charge in [-0.15, -0.1) is 11.3 Å². The Balaban J connectivity index is 1.32. The van der Waals surface area contributed by atoms with Gasteiger partial charge in [0.05, 0.1) is 21.8 Å². The molecule has 3 aromatic rings. The zero-order valence-electron chi connectivity index (χ0n) is 18.5. The molecule has 35 heavy (non-hydrogen) atoms. The maximum Gasteiger partial charge on any atom is 0.319 e. The Morgan fingerprint density at radius 2 is 1.71 bits per heavy atom. The SMILES string of the molecule is O=C(Nc1cccc(Cl)c1Cl)N[C@@H]1CCCC[C@@H]1NC(=O)c1csc(COc2ccc(Cl)cc2)n1. The quantitative estimate of drug-likeness (QED) is 0.309. The summed E-state index contributed by atoms with van der Waals surface area (Å²) in [6, 6.07) is 11.2.